The normalized spacial score (nSPS) is 22.4. The second kappa shape index (κ2) is 9.17. The molecule has 0 bridgehead atoms. The third-order valence-electron chi connectivity index (χ3n) is 5.24. The molecule has 4 unspecified atom stereocenters. The van der Waals surface area contributed by atoms with Gasteiger partial charge in [-0.25, -0.2) is 17.9 Å². The number of aliphatic hydroxyl groups is 1. The summed E-state index contributed by atoms with van der Waals surface area (Å²) in [6.07, 6.45) is 0.703. The van der Waals surface area contributed by atoms with Crippen LogP contribution in [-0.2, 0) is 9.47 Å². The molecule has 0 spiro atoms. The van der Waals surface area contributed by atoms with Crippen molar-refractivity contribution in [3.8, 4) is 11.3 Å². The van der Waals surface area contributed by atoms with E-state index in [-0.39, 0.29) is 17.9 Å². The van der Waals surface area contributed by atoms with Crippen molar-refractivity contribution in [1.82, 2.24) is 15.0 Å². The largest absolute Gasteiger partial charge is 0.388 e. The van der Waals surface area contributed by atoms with Gasteiger partial charge in [0.25, 0.3) is 0 Å². The molecule has 9 heteroatoms. The molecular formula is C22H22F3N3O3. The van der Waals surface area contributed by atoms with Crippen LogP contribution in [-0.4, -0.2) is 38.9 Å². The fourth-order valence-electron chi connectivity index (χ4n) is 3.70. The smallest absolute Gasteiger partial charge is 0.194 e. The Balaban J connectivity index is 1.61. The minimum Gasteiger partial charge on any atom is -0.388 e. The third-order valence-corrected chi connectivity index (χ3v) is 5.24. The predicted molar refractivity (Wildman–Crippen MR) is 105 cm³/mol. The van der Waals surface area contributed by atoms with Crippen LogP contribution in [0.4, 0.5) is 13.2 Å². The summed E-state index contributed by atoms with van der Waals surface area (Å²) in [4.78, 5) is 0. The molecule has 1 fully saturated rings. The van der Waals surface area contributed by atoms with Crippen molar-refractivity contribution < 1.29 is 27.8 Å². The molecule has 6 nitrogen and oxygen atoms in total. The number of rotatable bonds is 6. The first-order chi connectivity index (χ1) is 15.0. The number of aromatic nitrogens is 3. The number of halogens is 3. The molecule has 3 aromatic rings. The molecule has 31 heavy (non-hydrogen) atoms. The quantitative estimate of drug-likeness (QED) is 0.591. The maximum Gasteiger partial charge on any atom is 0.194 e. The highest BCUT2D eigenvalue weighted by Gasteiger charge is 2.38. The molecule has 4 atom stereocenters. The SMILES string of the molecule is CCCC(C1OC(c2ccccc2)OCC1O)n1cc(-c2cc(F)c(F)c(F)c2)nn1. The Morgan fingerprint density at radius 1 is 1.16 bits per heavy atom. The van der Waals surface area contributed by atoms with Crippen LogP contribution in [0.5, 0.6) is 0 Å². The standard InChI is InChI=1S/C22H22F3N3O3/c1-2-6-18(21-19(29)12-30-22(31-21)13-7-4-3-5-8-13)28-11-17(26-27-28)14-9-15(23)20(25)16(24)10-14/h3-5,7-11,18-19,21-22,29H,2,6,12H2,1H3. The van der Waals surface area contributed by atoms with Gasteiger partial charge in [0.2, 0.25) is 0 Å². The van der Waals surface area contributed by atoms with Gasteiger partial charge in [-0.2, -0.15) is 0 Å². The zero-order valence-electron chi connectivity index (χ0n) is 16.8. The van der Waals surface area contributed by atoms with Gasteiger partial charge in [-0.15, -0.1) is 5.10 Å². The van der Waals surface area contributed by atoms with E-state index in [0.29, 0.717) is 6.42 Å². The number of hydrogen-bond donors (Lipinski definition) is 1. The predicted octanol–water partition coefficient (Wildman–Crippen LogP) is 4.18. The molecule has 0 amide bonds. The average molecular weight is 433 g/mol. The molecule has 2 aromatic carbocycles. The summed E-state index contributed by atoms with van der Waals surface area (Å²) in [5.74, 6) is -4.14. The van der Waals surface area contributed by atoms with E-state index in [0.717, 1.165) is 24.1 Å². The lowest BCUT2D eigenvalue weighted by Crippen LogP contribution is -2.45. The number of benzene rings is 2. The Morgan fingerprint density at radius 2 is 1.87 bits per heavy atom. The van der Waals surface area contributed by atoms with E-state index in [4.69, 9.17) is 9.47 Å². The van der Waals surface area contributed by atoms with Gasteiger partial charge in [-0.1, -0.05) is 48.9 Å². The minimum atomic E-state index is -1.54. The van der Waals surface area contributed by atoms with Crippen LogP contribution in [0.3, 0.4) is 0 Å². The van der Waals surface area contributed by atoms with Crippen molar-refractivity contribution in [1.29, 1.82) is 0 Å². The summed E-state index contributed by atoms with van der Waals surface area (Å²) in [5, 5.41) is 18.7. The number of aliphatic hydroxyl groups excluding tert-OH is 1. The van der Waals surface area contributed by atoms with Crippen molar-refractivity contribution in [3.05, 3.63) is 71.7 Å². The summed E-state index contributed by atoms with van der Waals surface area (Å²) in [6, 6.07) is 10.7. The third kappa shape index (κ3) is 4.48. The Hall–Kier alpha value is -2.75. The van der Waals surface area contributed by atoms with Gasteiger partial charge in [0, 0.05) is 11.1 Å². The van der Waals surface area contributed by atoms with Crippen molar-refractivity contribution in [3.63, 3.8) is 0 Å². The summed E-state index contributed by atoms with van der Waals surface area (Å²) in [7, 11) is 0. The van der Waals surface area contributed by atoms with Gasteiger partial charge in [0.1, 0.15) is 17.9 Å². The van der Waals surface area contributed by atoms with E-state index < -0.39 is 42.0 Å². The van der Waals surface area contributed by atoms with Crippen molar-refractivity contribution >= 4 is 0 Å². The zero-order chi connectivity index (χ0) is 22.0. The minimum absolute atomic E-state index is 0.0634. The summed E-state index contributed by atoms with van der Waals surface area (Å²) in [6.45, 7) is 2.07. The van der Waals surface area contributed by atoms with E-state index in [1.807, 2.05) is 37.3 Å². The molecule has 1 N–H and O–H groups in total. The topological polar surface area (TPSA) is 69.4 Å². The summed E-state index contributed by atoms with van der Waals surface area (Å²) in [5.41, 5.74) is 1.07. The van der Waals surface area contributed by atoms with Crippen LogP contribution in [0.2, 0.25) is 0 Å². The molecule has 0 radical (unpaired) electrons. The van der Waals surface area contributed by atoms with Gasteiger partial charge in [-0.3, -0.25) is 0 Å². The number of hydrogen-bond acceptors (Lipinski definition) is 5. The van der Waals surface area contributed by atoms with E-state index in [1.54, 1.807) is 0 Å². The molecule has 1 saturated heterocycles. The Labute approximate surface area is 177 Å². The first kappa shape index (κ1) is 21.5. The number of nitrogens with zero attached hydrogens (tertiary/aromatic N) is 3. The molecule has 1 aliphatic rings. The molecule has 1 aliphatic heterocycles. The monoisotopic (exact) mass is 433 g/mol. The highest BCUT2D eigenvalue weighted by Crippen LogP contribution is 2.34. The van der Waals surface area contributed by atoms with Crippen LogP contribution in [0, 0.1) is 17.5 Å². The molecule has 0 aliphatic carbocycles. The van der Waals surface area contributed by atoms with Gasteiger partial charge in [0.05, 0.1) is 18.8 Å². The van der Waals surface area contributed by atoms with Crippen LogP contribution in [0.1, 0.15) is 37.7 Å². The lowest BCUT2D eigenvalue weighted by molar-refractivity contribution is -0.267. The fraction of sp³-hybridized carbons (Fsp3) is 0.364. The maximum atomic E-state index is 13.6. The van der Waals surface area contributed by atoms with Crippen LogP contribution < -0.4 is 0 Å². The van der Waals surface area contributed by atoms with Gasteiger partial charge in [0.15, 0.2) is 23.7 Å². The zero-order valence-corrected chi connectivity index (χ0v) is 16.8. The highest BCUT2D eigenvalue weighted by atomic mass is 19.2. The fourth-order valence-corrected chi connectivity index (χ4v) is 3.70. The molecule has 1 aromatic heterocycles. The highest BCUT2D eigenvalue weighted by molar-refractivity contribution is 5.57. The van der Waals surface area contributed by atoms with Gasteiger partial charge >= 0.3 is 0 Å². The summed E-state index contributed by atoms with van der Waals surface area (Å²) < 4.78 is 53.8. The average Bonchev–Trinajstić information content (AvgIpc) is 3.27. The second-order valence-corrected chi connectivity index (χ2v) is 7.44. The Kier molecular flexibility index (Phi) is 6.35. The second-order valence-electron chi connectivity index (χ2n) is 7.44. The summed E-state index contributed by atoms with van der Waals surface area (Å²) >= 11 is 0. The van der Waals surface area contributed by atoms with Crippen molar-refractivity contribution in [2.45, 2.75) is 44.3 Å². The van der Waals surface area contributed by atoms with Crippen LogP contribution in [0.25, 0.3) is 11.3 Å². The molecular weight excluding hydrogens is 411 g/mol. The van der Waals surface area contributed by atoms with Crippen molar-refractivity contribution in [2.75, 3.05) is 6.61 Å². The lowest BCUT2D eigenvalue weighted by Gasteiger charge is -2.38. The van der Waals surface area contributed by atoms with Gasteiger partial charge in [-0.05, 0) is 18.6 Å². The Morgan fingerprint density at radius 3 is 2.55 bits per heavy atom. The Bertz CT molecular complexity index is 1010. The first-order valence-electron chi connectivity index (χ1n) is 10.0. The molecule has 0 saturated carbocycles. The van der Waals surface area contributed by atoms with Gasteiger partial charge < -0.3 is 14.6 Å². The van der Waals surface area contributed by atoms with Crippen LogP contribution in [0.15, 0.2) is 48.7 Å². The molecule has 2 heterocycles. The van der Waals surface area contributed by atoms with E-state index >= 15 is 0 Å². The first-order valence-corrected chi connectivity index (χ1v) is 10.0. The van der Waals surface area contributed by atoms with E-state index in [1.165, 1.54) is 10.9 Å². The van der Waals surface area contributed by atoms with Crippen LogP contribution >= 0.6 is 0 Å². The van der Waals surface area contributed by atoms with E-state index in [9.17, 15) is 18.3 Å². The van der Waals surface area contributed by atoms with E-state index in [2.05, 4.69) is 10.3 Å². The molecule has 164 valence electrons. The number of ether oxygens (including phenoxy) is 2. The molecule has 4 rings (SSSR count). The maximum absolute atomic E-state index is 13.6. The van der Waals surface area contributed by atoms with Crippen molar-refractivity contribution in [2.24, 2.45) is 0 Å². The lowest BCUT2D eigenvalue weighted by atomic mass is 10.00.